The van der Waals surface area contributed by atoms with Crippen LogP contribution in [-0.4, -0.2) is 39.5 Å². The first-order valence-corrected chi connectivity index (χ1v) is 11.2. The number of nitrogens with zero attached hydrogens (tertiary/aromatic N) is 4. The molecule has 10 heteroatoms. The lowest BCUT2D eigenvalue weighted by molar-refractivity contribution is -0.137. The zero-order valence-corrected chi connectivity index (χ0v) is 18.2. The summed E-state index contributed by atoms with van der Waals surface area (Å²) in [6, 6.07) is 12.8. The van der Waals surface area contributed by atoms with Crippen molar-refractivity contribution in [3.05, 3.63) is 59.7 Å². The van der Waals surface area contributed by atoms with Gasteiger partial charge in [-0.2, -0.15) is 13.2 Å². The first-order chi connectivity index (χ1) is 15.3. The number of amides is 1. The molecule has 1 saturated heterocycles. The minimum Gasteiger partial charge on any atom is -0.341 e. The van der Waals surface area contributed by atoms with Crippen LogP contribution in [0.5, 0.6) is 0 Å². The van der Waals surface area contributed by atoms with Gasteiger partial charge in [-0.3, -0.25) is 9.36 Å². The molecule has 168 valence electrons. The van der Waals surface area contributed by atoms with Gasteiger partial charge in [0.15, 0.2) is 5.16 Å². The molecule has 2 aromatic carbocycles. The molecule has 32 heavy (non-hydrogen) atoms. The lowest BCUT2D eigenvalue weighted by Gasteiger charge is -2.18. The van der Waals surface area contributed by atoms with Gasteiger partial charge in [-0.1, -0.05) is 41.6 Å². The maximum atomic E-state index is 13.2. The number of nitrogens with one attached hydrogen (secondary N) is 1. The summed E-state index contributed by atoms with van der Waals surface area (Å²) in [5.41, 5.74) is 0.843. The van der Waals surface area contributed by atoms with Crippen molar-refractivity contribution in [2.24, 2.45) is 0 Å². The number of carbonyl (C=O) groups is 1. The van der Waals surface area contributed by atoms with Gasteiger partial charge < -0.3 is 10.2 Å². The number of thioether (sulfide) groups is 1. The lowest BCUT2D eigenvalue weighted by atomic mass is 10.1. The Morgan fingerprint density at radius 3 is 2.44 bits per heavy atom. The van der Waals surface area contributed by atoms with Crippen molar-refractivity contribution in [2.45, 2.75) is 31.1 Å². The fourth-order valence-electron chi connectivity index (χ4n) is 3.55. The number of hydrogen-bond donors (Lipinski definition) is 1. The molecule has 2 heterocycles. The Morgan fingerprint density at radius 1 is 1.06 bits per heavy atom. The van der Waals surface area contributed by atoms with E-state index < -0.39 is 17.6 Å². The van der Waals surface area contributed by atoms with Crippen LogP contribution in [-0.2, 0) is 11.0 Å². The van der Waals surface area contributed by atoms with Gasteiger partial charge >= 0.3 is 6.18 Å². The number of halogens is 3. The van der Waals surface area contributed by atoms with Gasteiger partial charge in [-0.25, -0.2) is 0 Å². The van der Waals surface area contributed by atoms with Crippen molar-refractivity contribution in [3.63, 3.8) is 0 Å². The van der Waals surface area contributed by atoms with Crippen LogP contribution in [0.1, 0.15) is 24.0 Å². The van der Waals surface area contributed by atoms with Crippen molar-refractivity contribution in [3.8, 4) is 5.69 Å². The van der Waals surface area contributed by atoms with E-state index in [0.717, 1.165) is 55.0 Å². The molecule has 3 aromatic rings. The number of anilines is 2. The van der Waals surface area contributed by atoms with Crippen molar-refractivity contribution < 1.29 is 18.0 Å². The SMILES string of the molecule is Cc1ccc(-n2c(SCC(=O)Nc3ccccc3C(F)(F)F)nnc2N2CCCC2)cc1. The molecule has 1 aliphatic rings. The molecule has 1 aliphatic heterocycles. The van der Waals surface area contributed by atoms with Gasteiger partial charge in [-0.15, -0.1) is 10.2 Å². The van der Waals surface area contributed by atoms with Crippen LogP contribution in [0.2, 0.25) is 0 Å². The molecule has 0 bridgehead atoms. The molecule has 1 fully saturated rings. The molecule has 0 spiro atoms. The summed E-state index contributed by atoms with van der Waals surface area (Å²) in [7, 11) is 0. The number of benzene rings is 2. The van der Waals surface area contributed by atoms with Crippen LogP contribution in [0, 0.1) is 6.92 Å². The summed E-state index contributed by atoms with van der Waals surface area (Å²) in [6.45, 7) is 3.75. The molecule has 1 amide bonds. The number of aryl methyl sites for hydroxylation is 1. The predicted molar refractivity (Wildman–Crippen MR) is 118 cm³/mol. The number of rotatable bonds is 6. The Labute approximate surface area is 187 Å². The van der Waals surface area contributed by atoms with E-state index in [1.54, 1.807) is 0 Å². The fourth-order valence-corrected chi connectivity index (χ4v) is 4.30. The maximum Gasteiger partial charge on any atom is 0.418 e. The lowest BCUT2D eigenvalue weighted by Crippen LogP contribution is -2.22. The van der Waals surface area contributed by atoms with Crippen molar-refractivity contribution in [2.75, 3.05) is 29.1 Å². The van der Waals surface area contributed by atoms with Gasteiger partial charge in [0.1, 0.15) is 0 Å². The highest BCUT2D eigenvalue weighted by Crippen LogP contribution is 2.35. The second-order valence-electron chi connectivity index (χ2n) is 7.53. The van der Waals surface area contributed by atoms with Crippen molar-refractivity contribution >= 4 is 29.3 Å². The molecule has 1 aromatic heterocycles. The Bertz CT molecular complexity index is 1090. The van der Waals surface area contributed by atoms with E-state index in [1.807, 2.05) is 35.8 Å². The third-order valence-corrected chi connectivity index (χ3v) is 6.07. The third-order valence-electron chi connectivity index (χ3n) is 5.14. The van der Waals surface area contributed by atoms with Crippen LogP contribution in [0.3, 0.4) is 0 Å². The van der Waals surface area contributed by atoms with Gasteiger partial charge in [0, 0.05) is 13.1 Å². The zero-order valence-electron chi connectivity index (χ0n) is 17.4. The Hall–Kier alpha value is -3.01. The number of para-hydroxylation sites is 1. The van der Waals surface area contributed by atoms with Crippen LogP contribution in [0.15, 0.2) is 53.7 Å². The van der Waals surface area contributed by atoms with Gasteiger partial charge in [-0.05, 0) is 44.0 Å². The molecule has 1 N–H and O–H groups in total. The van der Waals surface area contributed by atoms with E-state index >= 15 is 0 Å². The van der Waals surface area contributed by atoms with E-state index in [4.69, 9.17) is 0 Å². The molecule has 0 unspecified atom stereocenters. The second kappa shape index (κ2) is 9.23. The number of aromatic nitrogens is 3. The minimum atomic E-state index is -4.55. The van der Waals surface area contributed by atoms with Crippen LogP contribution in [0.4, 0.5) is 24.8 Å². The standard InChI is InChI=1S/C22H22F3N5OS/c1-15-8-10-16(11-9-15)30-20(29-12-4-5-13-29)27-28-21(30)32-14-19(31)26-18-7-3-2-6-17(18)22(23,24)25/h2-3,6-11H,4-5,12-14H2,1H3,(H,26,31). The van der Waals surface area contributed by atoms with E-state index in [1.165, 1.54) is 18.2 Å². The van der Waals surface area contributed by atoms with Crippen LogP contribution < -0.4 is 10.2 Å². The quantitative estimate of drug-likeness (QED) is 0.528. The summed E-state index contributed by atoms with van der Waals surface area (Å²) in [5.74, 6) is 0.0560. The topological polar surface area (TPSA) is 63.1 Å². The van der Waals surface area contributed by atoms with E-state index in [-0.39, 0.29) is 11.4 Å². The van der Waals surface area contributed by atoms with Gasteiger partial charge in [0.05, 0.1) is 22.7 Å². The average molecular weight is 462 g/mol. The molecule has 0 radical (unpaired) electrons. The predicted octanol–water partition coefficient (Wildman–Crippen LogP) is 4.93. The molecule has 0 atom stereocenters. The maximum absolute atomic E-state index is 13.2. The first-order valence-electron chi connectivity index (χ1n) is 10.2. The second-order valence-corrected chi connectivity index (χ2v) is 8.47. The Morgan fingerprint density at radius 2 is 1.75 bits per heavy atom. The number of alkyl halides is 3. The molecule has 6 nitrogen and oxygen atoms in total. The van der Waals surface area contributed by atoms with Crippen LogP contribution in [0.25, 0.3) is 5.69 Å². The third kappa shape index (κ3) is 4.90. The highest BCUT2D eigenvalue weighted by molar-refractivity contribution is 7.99. The normalized spacial score (nSPS) is 14.1. The van der Waals surface area contributed by atoms with E-state index in [0.29, 0.717) is 11.1 Å². The summed E-state index contributed by atoms with van der Waals surface area (Å²) in [4.78, 5) is 14.6. The highest BCUT2D eigenvalue weighted by Gasteiger charge is 2.33. The van der Waals surface area contributed by atoms with E-state index in [9.17, 15) is 18.0 Å². The molecule has 0 aliphatic carbocycles. The molecule has 0 saturated carbocycles. The summed E-state index contributed by atoms with van der Waals surface area (Å²) < 4.78 is 41.5. The Balaban J connectivity index is 1.54. The van der Waals surface area contributed by atoms with Crippen molar-refractivity contribution in [1.82, 2.24) is 14.8 Å². The molecular weight excluding hydrogens is 439 g/mol. The smallest absolute Gasteiger partial charge is 0.341 e. The summed E-state index contributed by atoms with van der Waals surface area (Å²) in [5, 5.41) is 11.5. The summed E-state index contributed by atoms with van der Waals surface area (Å²) >= 11 is 1.14. The number of hydrogen-bond acceptors (Lipinski definition) is 5. The zero-order chi connectivity index (χ0) is 22.7. The average Bonchev–Trinajstić information content (AvgIpc) is 3.42. The monoisotopic (exact) mass is 461 g/mol. The summed E-state index contributed by atoms with van der Waals surface area (Å²) in [6.07, 6.45) is -2.40. The Kier molecular flexibility index (Phi) is 6.40. The largest absolute Gasteiger partial charge is 0.418 e. The molecule has 4 rings (SSSR count). The fraction of sp³-hybridized carbons (Fsp3) is 0.318. The highest BCUT2D eigenvalue weighted by atomic mass is 32.2. The van der Waals surface area contributed by atoms with Crippen LogP contribution >= 0.6 is 11.8 Å². The van der Waals surface area contributed by atoms with Crippen molar-refractivity contribution in [1.29, 1.82) is 0 Å². The van der Waals surface area contributed by atoms with E-state index in [2.05, 4.69) is 20.4 Å². The number of carbonyl (C=O) groups excluding carboxylic acids is 1. The van der Waals surface area contributed by atoms with Gasteiger partial charge in [0.25, 0.3) is 0 Å². The first kappa shape index (κ1) is 22.2. The van der Waals surface area contributed by atoms with Gasteiger partial charge in [0.2, 0.25) is 11.9 Å². The minimum absolute atomic E-state index is 0.101. The molecular formula is C22H22F3N5OS.